The molecule has 6 heterocycles. The first kappa shape index (κ1) is 36.0. The van der Waals surface area contributed by atoms with Gasteiger partial charge in [0, 0.05) is 46.6 Å². The fourth-order valence-electron chi connectivity index (χ4n) is 6.80. The number of unbranched alkanes of at least 4 members (excludes halogenated alkanes) is 15. The Morgan fingerprint density at radius 3 is 1.29 bits per heavy atom. The highest BCUT2D eigenvalue weighted by atomic mass is 32.1. The molecule has 0 bridgehead atoms. The molecule has 0 unspecified atom stereocenters. The lowest BCUT2D eigenvalue weighted by Crippen LogP contribution is -1.87. The average molecular weight is 747 g/mol. The predicted molar refractivity (Wildman–Crippen MR) is 224 cm³/mol. The standard InChI is InChI=1S/C42H50S6/c1-2-3-4-5-6-7-8-9-10-11-12-13-14-15-16-17-19-32-21-27-44-38(32)42-36(25-31-48-42)41-35(24-30-47-41)40-34(23-29-46-40)39-33(22-28-45-39)37-20-18-26-43-37/h18,20-31H,2-17,19H2,1H3. The first-order chi connectivity index (χ1) is 23.8. The Morgan fingerprint density at radius 2 is 0.771 bits per heavy atom. The molecule has 0 N–H and O–H groups in total. The van der Waals surface area contributed by atoms with Crippen molar-refractivity contribution in [2.24, 2.45) is 0 Å². The maximum atomic E-state index is 2.39. The van der Waals surface area contributed by atoms with E-state index in [1.807, 2.05) is 68.0 Å². The zero-order valence-corrected chi connectivity index (χ0v) is 33.4. The summed E-state index contributed by atoms with van der Waals surface area (Å²) in [4.78, 5) is 8.48. The van der Waals surface area contributed by atoms with Gasteiger partial charge in [0.15, 0.2) is 0 Å². The molecule has 0 nitrogen and oxygen atoms in total. The maximum Gasteiger partial charge on any atom is 0.0532 e. The van der Waals surface area contributed by atoms with Crippen LogP contribution in [0.25, 0.3) is 51.5 Å². The Bertz CT molecular complexity index is 1730. The fraction of sp³-hybridized carbons (Fsp3) is 0.429. The predicted octanol–water partition coefficient (Wildman–Crippen LogP) is 17.2. The first-order valence-electron chi connectivity index (χ1n) is 18.3. The summed E-state index contributed by atoms with van der Waals surface area (Å²) in [6.45, 7) is 2.30. The van der Waals surface area contributed by atoms with Crippen LogP contribution in [-0.4, -0.2) is 0 Å². The molecule has 0 saturated heterocycles. The summed E-state index contributed by atoms with van der Waals surface area (Å²) >= 11 is 11.3. The lowest BCUT2D eigenvalue weighted by molar-refractivity contribution is 0.529. The highest BCUT2D eigenvalue weighted by Crippen LogP contribution is 2.51. The number of thiophene rings is 6. The van der Waals surface area contributed by atoms with Gasteiger partial charge >= 0.3 is 0 Å². The molecule has 0 amide bonds. The van der Waals surface area contributed by atoms with E-state index in [1.165, 1.54) is 161 Å². The second-order valence-electron chi connectivity index (χ2n) is 13.0. The van der Waals surface area contributed by atoms with Gasteiger partial charge in [0.25, 0.3) is 0 Å². The zero-order chi connectivity index (χ0) is 32.8. The van der Waals surface area contributed by atoms with E-state index in [9.17, 15) is 0 Å². The lowest BCUT2D eigenvalue weighted by Gasteiger charge is -2.09. The molecule has 6 aromatic heterocycles. The van der Waals surface area contributed by atoms with Gasteiger partial charge in [-0.3, -0.25) is 0 Å². The summed E-state index contributed by atoms with van der Waals surface area (Å²) < 4.78 is 0. The summed E-state index contributed by atoms with van der Waals surface area (Å²) in [5.74, 6) is 0. The molecule has 0 saturated carbocycles. The van der Waals surface area contributed by atoms with Crippen molar-refractivity contribution in [2.45, 2.75) is 116 Å². The number of rotatable bonds is 22. The number of aryl methyl sites for hydroxylation is 1. The van der Waals surface area contributed by atoms with Gasteiger partial charge in [0.05, 0.1) is 4.88 Å². The minimum atomic E-state index is 1.20. The van der Waals surface area contributed by atoms with Crippen LogP contribution in [-0.2, 0) is 6.42 Å². The average Bonchev–Trinajstić information content (AvgIpc) is 3.93. The van der Waals surface area contributed by atoms with Crippen molar-refractivity contribution in [3.05, 3.63) is 80.3 Å². The van der Waals surface area contributed by atoms with Gasteiger partial charge in [-0.15, -0.1) is 68.0 Å². The molecule has 0 radical (unpaired) electrons. The molecule has 6 aromatic rings. The topological polar surface area (TPSA) is 0 Å². The highest BCUT2D eigenvalue weighted by Gasteiger charge is 2.22. The fourth-order valence-corrected chi connectivity index (χ4v) is 12.7. The van der Waals surface area contributed by atoms with Crippen LogP contribution in [0, 0.1) is 0 Å². The zero-order valence-electron chi connectivity index (χ0n) is 28.5. The molecule has 254 valence electrons. The first-order valence-corrected chi connectivity index (χ1v) is 23.5. The molecule has 0 aliphatic carbocycles. The minimum absolute atomic E-state index is 1.20. The Labute approximate surface area is 313 Å². The van der Waals surface area contributed by atoms with E-state index >= 15 is 0 Å². The van der Waals surface area contributed by atoms with Crippen molar-refractivity contribution in [3.8, 4) is 51.5 Å². The molecule has 6 heteroatoms. The third-order valence-electron chi connectivity index (χ3n) is 9.43. The summed E-state index contributed by atoms with van der Waals surface area (Å²) in [7, 11) is 0. The Kier molecular flexibility index (Phi) is 14.7. The normalized spacial score (nSPS) is 11.6. The Balaban J connectivity index is 0.991. The van der Waals surface area contributed by atoms with E-state index in [0.717, 1.165) is 0 Å². The molecule has 0 aliphatic heterocycles. The van der Waals surface area contributed by atoms with Crippen molar-refractivity contribution in [1.29, 1.82) is 0 Å². The van der Waals surface area contributed by atoms with E-state index in [4.69, 9.17) is 0 Å². The van der Waals surface area contributed by atoms with Crippen LogP contribution >= 0.6 is 68.0 Å². The largest absolute Gasteiger partial charge is 0.144 e. The van der Waals surface area contributed by atoms with Crippen LogP contribution < -0.4 is 0 Å². The molecule has 0 atom stereocenters. The second kappa shape index (κ2) is 19.6. The van der Waals surface area contributed by atoms with Crippen molar-refractivity contribution < 1.29 is 0 Å². The molecule has 48 heavy (non-hydrogen) atoms. The summed E-state index contributed by atoms with van der Waals surface area (Å²) in [5, 5.41) is 13.6. The van der Waals surface area contributed by atoms with E-state index in [1.54, 1.807) is 5.56 Å². The summed E-state index contributed by atoms with van der Waals surface area (Å²) in [5.41, 5.74) is 7.06. The van der Waals surface area contributed by atoms with E-state index in [2.05, 4.69) is 81.7 Å². The van der Waals surface area contributed by atoms with Gasteiger partial charge in [-0.25, -0.2) is 0 Å². The van der Waals surface area contributed by atoms with Gasteiger partial charge in [-0.1, -0.05) is 109 Å². The molecular weight excluding hydrogens is 697 g/mol. The summed E-state index contributed by atoms with van der Waals surface area (Å²) in [6.07, 6.45) is 23.9. The molecular formula is C42H50S6. The van der Waals surface area contributed by atoms with E-state index < -0.39 is 0 Å². The third-order valence-corrected chi connectivity index (χ3v) is 15.2. The van der Waals surface area contributed by atoms with Gasteiger partial charge in [-0.05, 0) is 87.1 Å². The molecule has 0 fully saturated rings. The van der Waals surface area contributed by atoms with Crippen molar-refractivity contribution >= 4 is 68.0 Å². The van der Waals surface area contributed by atoms with Crippen LogP contribution in [0.2, 0.25) is 0 Å². The Morgan fingerprint density at radius 1 is 0.354 bits per heavy atom. The van der Waals surface area contributed by atoms with Crippen LogP contribution in [0.1, 0.15) is 115 Å². The maximum absolute atomic E-state index is 2.39. The molecule has 0 aliphatic rings. The minimum Gasteiger partial charge on any atom is -0.144 e. The molecule has 0 aromatic carbocycles. The van der Waals surface area contributed by atoms with Gasteiger partial charge in [-0.2, -0.15) is 0 Å². The van der Waals surface area contributed by atoms with Gasteiger partial charge < -0.3 is 0 Å². The second-order valence-corrected chi connectivity index (χ2v) is 18.5. The van der Waals surface area contributed by atoms with E-state index in [-0.39, 0.29) is 0 Å². The van der Waals surface area contributed by atoms with Crippen LogP contribution in [0.4, 0.5) is 0 Å². The summed E-state index contributed by atoms with van der Waals surface area (Å²) in [6, 6.07) is 16.1. The Hall–Kier alpha value is -1.80. The molecule has 0 spiro atoms. The van der Waals surface area contributed by atoms with Crippen molar-refractivity contribution in [3.63, 3.8) is 0 Å². The van der Waals surface area contributed by atoms with Crippen LogP contribution in [0.5, 0.6) is 0 Å². The highest BCUT2D eigenvalue weighted by molar-refractivity contribution is 7.22. The molecule has 6 rings (SSSR count). The van der Waals surface area contributed by atoms with Gasteiger partial charge in [0.2, 0.25) is 0 Å². The van der Waals surface area contributed by atoms with Crippen molar-refractivity contribution in [1.82, 2.24) is 0 Å². The van der Waals surface area contributed by atoms with Crippen molar-refractivity contribution in [2.75, 3.05) is 0 Å². The SMILES string of the molecule is CCCCCCCCCCCCCCCCCCc1ccsc1-c1sccc1-c1sccc1-c1sccc1-c1sccc1-c1cccs1. The monoisotopic (exact) mass is 746 g/mol. The van der Waals surface area contributed by atoms with Gasteiger partial charge in [0.1, 0.15) is 0 Å². The smallest absolute Gasteiger partial charge is 0.0532 e. The number of hydrogen-bond acceptors (Lipinski definition) is 6. The van der Waals surface area contributed by atoms with E-state index in [0.29, 0.717) is 0 Å². The van der Waals surface area contributed by atoms with Crippen LogP contribution in [0.15, 0.2) is 74.7 Å². The lowest BCUT2D eigenvalue weighted by atomic mass is 10.0. The number of hydrogen-bond donors (Lipinski definition) is 0. The van der Waals surface area contributed by atoms with Crippen LogP contribution in [0.3, 0.4) is 0 Å². The quantitative estimate of drug-likeness (QED) is 0.0607. The third kappa shape index (κ3) is 9.50.